The summed E-state index contributed by atoms with van der Waals surface area (Å²) < 4.78 is 19.7. The average Bonchev–Trinajstić information content (AvgIpc) is 3.07. The number of nitrogens with zero attached hydrogens (tertiary/aromatic N) is 1. The molecule has 0 bridgehead atoms. The number of benzene rings is 2. The highest BCUT2D eigenvalue weighted by Crippen LogP contribution is 2.35. The second-order valence-corrected chi connectivity index (χ2v) is 7.19. The van der Waals surface area contributed by atoms with E-state index in [0.717, 1.165) is 18.4 Å². The lowest BCUT2D eigenvalue weighted by Gasteiger charge is -2.33. The molecular formula is C20H21ClFNO2. The smallest absolute Gasteiger partial charge is 0.266 e. The van der Waals surface area contributed by atoms with Crippen molar-refractivity contribution in [2.45, 2.75) is 38.3 Å². The maximum Gasteiger partial charge on any atom is 0.266 e. The number of ether oxygens (including phenoxy) is 1. The Bertz CT molecular complexity index is 764. The quantitative estimate of drug-likeness (QED) is 0.766. The summed E-state index contributed by atoms with van der Waals surface area (Å²) in [4.78, 5) is 14.9. The molecule has 0 spiro atoms. The Kier molecular flexibility index (Phi) is 5.00. The van der Waals surface area contributed by atoms with Gasteiger partial charge in [-0.05, 0) is 50.5 Å². The monoisotopic (exact) mass is 361 g/mol. The van der Waals surface area contributed by atoms with Gasteiger partial charge in [-0.15, -0.1) is 0 Å². The summed E-state index contributed by atoms with van der Waals surface area (Å²) >= 11 is 5.77. The van der Waals surface area contributed by atoms with Crippen molar-refractivity contribution in [3.63, 3.8) is 0 Å². The number of amides is 1. The van der Waals surface area contributed by atoms with Crippen LogP contribution in [0.4, 0.5) is 4.39 Å². The summed E-state index contributed by atoms with van der Waals surface area (Å²) in [5.41, 5.74) is -0.0618. The Morgan fingerprint density at radius 3 is 2.64 bits per heavy atom. The van der Waals surface area contributed by atoms with Gasteiger partial charge in [0.15, 0.2) is 17.2 Å². The zero-order chi connectivity index (χ0) is 18.0. The number of carbonyl (C=O) groups excluding carboxylic acids is 1. The standard InChI is InChI=1S/C20H21ClFNO2/c1-20(2,25-18-11-10-15(21)13-16(18)22)19(24)23-12-6-9-17(23)14-7-4-3-5-8-14/h3-5,7-8,10-11,13,17H,6,9,12H2,1-2H3. The zero-order valence-electron chi connectivity index (χ0n) is 14.3. The van der Waals surface area contributed by atoms with Crippen molar-refractivity contribution >= 4 is 17.5 Å². The van der Waals surface area contributed by atoms with Gasteiger partial charge in [-0.2, -0.15) is 0 Å². The SMILES string of the molecule is CC(C)(Oc1ccc(Cl)cc1F)C(=O)N1CCCC1c1ccccc1. The van der Waals surface area contributed by atoms with Gasteiger partial charge >= 0.3 is 0 Å². The number of rotatable bonds is 4. The van der Waals surface area contributed by atoms with E-state index < -0.39 is 11.4 Å². The van der Waals surface area contributed by atoms with Gasteiger partial charge in [0.2, 0.25) is 0 Å². The molecule has 1 amide bonds. The molecule has 2 aromatic carbocycles. The van der Waals surface area contributed by atoms with E-state index in [0.29, 0.717) is 6.54 Å². The Hall–Kier alpha value is -2.07. The van der Waals surface area contributed by atoms with Crippen LogP contribution in [0.2, 0.25) is 5.02 Å². The molecule has 1 saturated heterocycles. The minimum atomic E-state index is -1.17. The van der Waals surface area contributed by atoms with Crippen LogP contribution in [-0.4, -0.2) is 23.0 Å². The van der Waals surface area contributed by atoms with E-state index in [1.807, 2.05) is 35.2 Å². The van der Waals surface area contributed by atoms with Crippen molar-refractivity contribution in [1.82, 2.24) is 4.90 Å². The van der Waals surface area contributed by atoms with Crippen LogP contribution >= 0.6 is 11.6 Å². The second-order valence-electron chi connectivity index (χ2n) is 6.75. The van der Waals surface area contributed by atoms with E-state index in [1.54, 1.807) is 19.9 Å². The lowest BCUT2D eigenvalue weighted by atomic mass is 10.0. The summed E-state index contributed by atoms with van der Waals surface area (Å²) in [7, 11) is 0. The van der Waals surface area contributed by atoms with Gasteiger partial charge in [0.25, 0.3) is 5.91 Å². The molecule has 132 valence electrons. The van der Waals surface area contributed by atoms with Crippen LogP contribution < -0.4 is 4.74 Å². The van der Waals surface area contributed by atoms with Gasteiger partial charge in [0, 0.05) is 11.6 Å². The van der Waals surface area contributed by atoms with E-state index in [2.05, 4.69) is 0 Å². The van der Waals surface area contributed by atoms with Crippen LogP contribution in [0.1, 0.15) is 38.3 Å². The van der Waals surface area contributed by atoms with Gasteiger partial charge in [-0.25, -0.2) is 4.39 Å². The number of carbonyl (C=O) groups is 1. The Morgan fingerprint density at radius 1 is 1.24 bits per heavy atom. The molecule has 0 saturated carbocycles. The third kappa shape index (κ3) is 3.79. The number of halogens is 2. The van der Waals surface area contributed by atoms with Crippen molar-refractivity contribution in [3.8, 4) is 5.75 Å². The number of hydrogen-bond acceptors (Lipinski definition) is 2. The number of hydrogen-bond donors (Lipinski definition) is 0. The first-order chi connectivity index (χ1) is 11.9. The third-order valence-corrected chi connectivity index (χ3v) is 4.71. The van der Waals surface area contributed by atoms with E-state index in [9.17, 15) is 9.18 Å². The lowest BCUT2D eigenvalue weighted by molar-refractivity contribution is -0.146. The molecule has 25 heavy (non-hydrogen) atoms. The molecule has 1 fully saturated rings. The molecule has 1 aliphatic rings. The molecule has 1 heterocycles. The molecule has 1 aliphatic heterocycles. The molecule has 1 unspecified atom stereocenters. The molecule has 0 N–H and O–H groups in total. The van der Waals surface area contributed by atoms with Crippen molar-refractivity contribution < 1.29 is 13.9 Å². The van der Waals surface area contributed by atoms with E-state index in [1.165, 1.54) is 12.1 Å². The zero-order valence-corrected chi connectivity index (χ0v) is 15.1. The first kappa shape index (κ1) is 17.7. The molecule has 2 aromatic rings. The highest BCUT2D eigenvalue weighted by molar-refractivity contribution is 6.30. The van der Waals surface area contributed by atoms with Crippen LogP contribution in [0.25, 0.3) is 0 Å². The molecule has 3 rings (SSSR count). The van der Waals surface area contributed by atoms with E-state index >= 15 is 0 Å². The van der Waals surface area contributed by atoms with Crippen molar-refractivity contribution in [2.24, 2.45) is 0 Å². The fourth-order valence-electron chi connectivity index (χ4n) is 3.25. The van der Waals surface area contributed by atoms with Crippen molar-refractivity contribution in [1.29, 1.82) is 0 Å². The van der Waals surface area contributed by atoms with Gasteiger partial charge in [0.1, 0.15) is 0 Å². The number of likely N-dealkylation sites (tertiary alicyclic amines) is 1. The molecule has 0 aromatic heterocycles. The van der Waals surface area contributed by atoms with E-state index in [4.69, 9.17) is 16.3 Å². The predicted molar refractivity (Wildman–Crippen MR) is 96.2 cm³/mol. The summed E-state index contributed by atoms with van der Waals surface area (Å²) in [6.45, 7) is 4.02. The molecule has 5 heteroatoms. The fraction of sp³-hybridized carbons (Fsp3) is 0.350. The van der Waals surface area contributed by atoms with Crippen LogP contribution in [0.15, 0.2) is 48.5 Å². The highest BCUT2D eigenvalue weighted by atomic mass is 35.5. The van der Waals surface area contributed by atoms with Crippen molar-refractivity contribution in [3.05, 3.63) is 64.9 Å². The molecule has 1 atom stereocenters. The normalized spacial score (nSPS) is 17.6. The lowest BCUT2D eigenvalue weighted by Crippen LogP contribution is -2.48. The minimum Gasteiger partial charge on any atom is -0.475 e. The van der Waals surface area contributed by atoms with Crippen LogP contribution in [0.5, 0.6) is 5.75 Å². The summed E-state index contributed by atoms with van der Waals surface area (Å²) in [6.07, 6.45) is 1.86. The molecule has 3 nitrogen and oxygen atoms in total. The summed E-state index contributed by atoms with van der Waals surface area (Å²) in [5.74, 6) is -0.694. The maximum absolute atomic E-state index is 14.0. The van der Waals surface area contributed by atoms with Crippen LogP contribution in [-0.2, 0) is 4.79 Å². The molecule has 0 aliphatic carbocycles. The Labute approximate surface area is 152 Å². The van der Waals surface area contributed by atoms with E-state index in [-0.39, 0.29) is 22.7 Å². The Balaban J connectivity index is 1.80. The fourth-order valence-corrected chi connectivity index (χ4v) is 3.41. The maximum atomic E-state index is 14.0. The van der Waals surface area contributed by atoms with Crippen LogP contribution in [0.3, 0.4) is 0 Å². The van der Waals surface area contributed by atoms with Gasteiger partial charge in [-0.1, -0.05) is 41.9 Å². The highest BCUT2D eigenvalue weighted by Gasteiger charge is 2.40. The first-order valence-electron chi connectivity index (χ1n) is 8.38. The van der Waals surface area contributed by atoms with Gasteiger partial charge < -0.3 is 9.64 Å². The predicted octanol–water partition coefficient (Wildman–Crippen LogP) is 5.00. The van der Waals surface area contributed by atoms with Crippen molar-refractivity contribution in [2.75, 3.05) is 6.54 Å². The average molecular weight is 362 g/mol. The summed E-state index contributed by atoms with van der Waals surface area (Å²) in [5, 5.41) is 0.290. The molecule has 0 radical (unpaired) electrons. The first-order valence-corrected chi connectivity index (χ1v) is 8.76. The second kappa shape index (κ2) is 7.04. The largest absolute Gasteiger partial charge is 0.475 e. The third-order valence-electron chi connectivity index (χ3n) is 4.47. The van der Waals surface area contributed by atoms with Gasteiger partial charge in [0.05, 0.1) is 6.04 Å². The topological polar surface area (TPSA) is 29.5 Å². The summed E-state index contributed by atoms with van der Waals surface area (Å²) in [6, 6.07) is 14.2. The van der Waals surface area contributed by atoms with Crippen LogP contribution in [0, 0.1) is 5.82 Å². The van der Waals surface area contributed by atoms with Gasteiger partial charge in [-0.3, -0.25) is 4.79 Å². The minimum absolute atomic E-state index is 0.0261. The Morgan fingerprint density at radius 2 is 1.96 bits per heavy atom. The molecular weight excluding hydrogens is 341 g/mol.